The molecule has 1 aromatic rings. The van der Waals surface area contributed by atoms with Crippen LogP contribution in [-0.2, 0) is 18.1 Å². The lowest BCUT2D eigenvalue weighted by Crippen LogP contribution is -2.26. The summed E-state index contributed by atoms with van der Waals surface area (Å²) in [7, 11) is -5.89. The lowest BCUT2D eigenvalue weighted by atomic mass is 10.1. The van der Waals surface area contributed by atoms with Gasteiger partial charge in [-0.1, -0.05) is 30.3 Å². The molecule has 0 aliphatic heterocycles. The molecular formula is C12H10F9O4P. The van der Waals surface area contributed by atoms with Crippen molar-refractivity contribution in [2.75, 3.05) is 13.2 Å². The molecule has 0 aliphatic rings. The lowest BCUT2D eigenvalue weighted by molar-refractivity contribution is -0.210. The van der Waals surface area contributed by atoms with E-state index in [0.29, 0.717) is 0 Å². The van der Waals surface area contributed by atoms with Gasteiger partial charge >= 0.3 is 26.4 Å². The Morgan fingerprint density at radius 2 is 1.23 bits per heavy atom. The van der Waals surface area contributed by atoms with Gasteiger partial charge in [0.2, 0.25) is 0 Å². The first-order valence-corrected chi connectivity index (χ1v) is 7.90. The van der Waals surface area contributed by atoms with Crippen molar-refractivity contribution in [2.45, 2.75) is 24.6 Å². The first-order valence-electron chi connectivity index (χ1n) is 6.44. The Balaban J connectivity index is 3.12. The van der Waals surface area contributed by atoms with Crippen LogP contribution in [0.15, 0.2) is 30.3 Å². The van der Waals surface area contributed by atoms with Gasteiger partial charge in [-0.15, -0.1) is 0 Å². The van der Waals surface area contributed by atoms with Crippen molar-refractivity contribution in [3.63, 3.8) is 0 Å². The molecule has 26 heavy (non-hydrogen) atoms. The molecule has 0 amide bonds. The molecule has 0 aromatic heterocycles. The van der Waals surface area contributed by atoms with E-state index < -0.39 is 51.2 Å². The Hall–Kier alpha value is -1.30. The van der Waals surface area contributed by atoms with Gasteiger partial charge in [-0.3, -0.25) is 13.6 Å². The zero-order chi connectivity index (χ0) is 20.2. The van der Waals surface area contributed by atoms with E-state index in [-0.39, 0.29) is 0 Å². The van der Waals surface area contributed by atoms with E-state index in [9.17, 15) is 44.1 Å². The molecule has 150 valence electrons. The average Bonchev–Trinajstić information content (AvgIpc) is 2.48. The molecule has 0 spiro atoms. The Bertz CT molecular complexity index is 590. The smallest absolute Gasteiger partial charge is 0.277 e. The van der Waals surface area contributed by atoms with Crippen LogP contribution in [0.5, 0.6) is 0 Å². The third-order valence-electron chi connectivity index (χ3n) is 2.41. The van der Waals surface area contributed by atoms with Crippen LogP contribution in [-0.4, -0.2) is 31.7 Å². The van der Waals surface area contributed by atoms with Crippen LogP contribution in [0.4, 0.5) is 39.5 Å². The Labute approximate surface area is 140 Å². The van der Waals surface area contributed by atoms with Crippen LogP contribution >= 0.6 is 7.82 Å². The lowest BCUT2D eigenvalue weighted by Gasteiger charge is -2.26. The maximum absolute atomic E-state index is 13.1. The van der Waals surface area contributed by atoms with Crippen LogP contribution in [0.1, 0.15) is 11.7 Å². The number of phosphoric ester groups is 1. The van der Waals surface area contributed by atoms with E-state index in [4.69, 9.17) is 0 Å². The average molecular weight is 420 g/mol. The highest BCUT2D eigenvalue weighted by Crippen LogP contribution is 2.57. The van der Waals surface area contributed by atoms with Crippen LogP contribution in [0.2, 0.25) is 0 Å². The number of benzene rings is 1. The second-order valence-electron chi connectivity index (χ2n) is 4.66. The SMILES string of the molecule is O=P(OCC(F)(F)F)(OCC(F)(F)F)OC(c1ccccc1)C(F)(F)F. The highest BCUT2D eigenvalue weighted by molar-refractivity contribution is 7.48. The van der Waals surface area contributed by atoms with Crippen LogP contribution in [0.25, 0.3) is 0 Å². The summed E-state index contributed by atoms with van der Waals surface area (Å²) in [6.07, 6.45) is -18.9. The molecule has 0 fully saturated rings. The predicted octanol–water partition coefficient (Wildman–Crippen LogP) is 5.57. The Morgan fingerprint density at radius 1 is 0.808 bits per heavy atom. The van der Waals surface area contributed by atoms with E-state index in [1.165, 1.54) is 6.07 Å². The predicted molar refractivity (Wildman–Crippen MR) is 67.9 cm³/mol. The second kappa shape index (κ2) is 8.15. The number of halogens is 9. The van der Waals surface area contributed by atoms with E-state index in [1.807, 2.05) is 0 Å². The third kappa shape index (κ3) is 8.39. The number of phosphoric acid groups is 1. The number of rotatable bonds is 7. The van der Waals surface area contributed by atoms with Crippen molar-refractivity contribution in [2.24, 2.45) is 0 Å². The highest BCUT2D eigenvalue weighted by Gasteiger charge is 2.49. The Kier molecular flexibility index (Phi) is 7.13. The molecule has 0 aliphatic carbocycles. The molecule has 1 aromatic carbocycles. The first kappa shape index (κ1) is 22.7. The molecule has 14 heteroatoms. The molecule has 0 saturated carbocycles. The molecule has 4 nitrogen and oxygen atoms in total. The van der Waals surface area contributed by atoms with E-state index in [2.05, 4.69) is 13.6 Å². The minimum absolute atomic E-state index is 0.730. The van der Waals surface area contributed by atoms with Gasteiger partial charge in [0.05, 0.1) is 0 Å². The van der Waals surface area contributed by atoms with Crippen molar-refractivity contribution in [3.05, 3.63) is 35.9 Å². The molecular weight excluding hydrogens is 410 g/mol. The third-order valence-corrected chi connectivity index (χ3v) is 3.77. The molecule has 0 radical (unpaired) electrons. The van der Waals surface area contributed by atoms with Gasteiger partial charge in [-0.05, 0) is 5.56 Å². The van der Waals surface area contributed by atoms with E-state index in [0.717, 1.165) is 24.3 Å². The minimum Gasteiger partial charge on any atom is -0.277 e. The molecule has 1 atom stereocenters. The summed E-state index contributed by atoms with van der Waals surface area (Å²) in [5.41, 5.74) is -0.730. The van der Waals surface area contributed by atoms with Crippen molar-refractivity contribution < 1.29 is 57.7 Å². The fourth-order valence-corrected chi connectivity index (χ4v) is 2.77. The van der Waals surface area contributed by atoms with Gasteiger partial charge in [0.25, 0.3) is 0 Å². The monoisotopic (exact) mass is 420 g/mol. The van der Waals surface area contributed by atoms with E-state index >= 15 is 0 Å². The fraction of sp³-hybridized carbons (Fsp3) is 0.500. The summed E-state index contributed by atoms with van der Waals surface area (Å²) in [4.78, 5) is 0. The standard InChI is InChI=1S/C12H10F9O4P/c13-10(14,15)6-23-26(22,24-7-11(16,17)18)25-9(12(19,20)21)8-4-2-1-3-5-8/h1-5,9H,6-7H2. The van der Waals surface area contributed by atoms with Gasteiger partial charge in [-0.2, -0.15) is 39.5 Å². The van der Waals surface area contributed by atoms with Crippen molar-refractivity contribution >= 4 is 7.82 Å². The molecule has 0 N–H and O–H groups in total. The second-order valence-corrected chi connectivity index (χ2v) is 6.28. The maximum Gasteiger partial charge on any atom is 0.476 e. The largest absolute Gasteiger partial charge is 0.476 e. The fourth-order valence-electron chi connectivity index (χ4n) is 1.47. The molecule has 1 rings (SSSR count). The summed E-state index contributed by atoms with van der Waals surface area (Å²) in [5, 5.41) is 0. The number of hydrogen-bond acceptors (Lipinski definition) is 4. The molecule has 0 saturated heterocycles. The number of alkyl halides is 9. The van der Waals surface area contributed by atoms with Gasteiger partial charge in [-0.25, -0.2) is 4.57 Å². The topological polar surface area (TPSA) is 44.8 Å². The van der Waals surface area contributed by atoms with Crippen molar-refractivity contribution in [1.82, 2.24) is 0 Å². The van der Waals surface area contributed by atoms with Gasteiger partial charge < -0.3 is 0 Å². The summed E-state index contributed by atoms with van der Waals surface area (Å²) in [6, 6.07) is 5.11. The summed E-state index contributed by atoms with van der Waals surface area (Å²) < 4.78 is 135. The van der Waals surface area contributed by atoms with Crippen LogP contribution in [0.3, 0.4) is 0 Å². The summed E-state index contributed by atoms with van der Waals surface area (Å²) >= 11 is 0. The Morgan fingerprint density at radius 3 is 1.58 bits per heavy atom. The van der Waals surface area contributed by atoms with Gasteiger partial charge in [0, 0.05) is 0 Å². The van der Waals surface area contributed by atoms with Gasteiger partial charge in [0.15, 0.2) is 19.3 Å². The minimum atomic E-state index is -5.89. The normalized spacial score (nSPS) is 15.1. The van der Waals surface area contributed by atoms with Crippen molar-refractivity contribution in [3.8, 4) is 0 Å². The molecule has 1 unspecified atom stereocenters. The van der Waals surface area contributed by atoms with Crippen LogP contribution in [0, 0.1) is 0 Å². The zero-order valence-electron chi connectivity index (χ0n) is 12.4. The van der Waals surface area contributed by atoms with E-state index in [1.54, 1.807) is 0 Å². The first-order chi connectivity index (χ1) is 11.6. The van der Waals surface area contributed by atoms with Crippen LogP contribution < -0.4 is 0 Å². The number of hydrogen-bond donors (Lipinski definition) is 0. The summed E-state index contributed by atoms with van der Waals surface area (Å²) in [5.74, 6) is 0. The quantitative estimate of drug-likeness (QED) is 0.427. The molecule has 0 heterocycles. The zero-order valence-corrected chi connectivity index (χ0v) is 13.3. The summed E-state index contributed by atoms with van der Waals surface area (Å²) in [6.45, 7) is -4.89. The van der Waals surface area contributed by atoms with Crippen molar-refractivity contribution in [1.29, 1.82) is 0 Å². The highest BCUT2D eigenvalue weighted by atomic mass is 31.2. The van der Waals surface area contributed by atoms with Gasteiger partial charge in [0.1, 0.15) is 0 Å². The maximum atomic E-state index is 13.1. The molecule has 0 bridgehead atoms.